The highest BCUT2D eigenvalue weighted by molar-refractivity contribution is 5.89. The van der Waals surface area contributed by atoms with Gasteiger partial charge < -0.3 is 10.2 Å². The van der Waals surface area contributed by atoms with E-state index in [-0.39, 0.29) is 5.91 Å². The van der Waals surface area contributed by atoms with Gasteiger partial charge in [-0.15, -0.1) is 10.2 Å². The van der Waals surface area contributed by atoms with E-state index >= 15 is 0 Å². The van der Waals surface area contributed by atoms with Crippen LogP contribution in [0.1, 0.15) is 23.7 Å². The fraction of sp³-hybridized carbons (Fsp3) is 0.263. The molecule has 132 valence electrons. The molecule has 0 saturated carbocycles. The normalized spacial score (nSPS) is 13.4. The summed E-state index contributed by atoms with van der Waals surface area (Å²) in [6.45, 7) is 5.06. The number of nitrogens with zero attached hydrogens (tertiary/aromatic N) is 5. The first-order valence-electron chi connectivity index (χ1n) is 8.60. The second-order valence-electron chi connectivity index (χ2n) is 6.45. The van der Waals surface area contributed by atoms with Gasteiger partial charge >= 0.3 is 0 Å². The number of amides is 1. The average molecular weight is 348 g/mol. The van der Waals surface area contributed by atoms with E-state index in [4.69, 9.17) is 0 Å². The molecule has 4 rings (SSSR count). The number of aryl methyl sites for hydroxylation is 1. The zero-order valence-corrected chi connectivity index (χ0v) is 14.8. The molecule has 3 aromatic rings. The van der Waals surface area contributed by atoms with Gasteiger partial charge in [0.2, 0.25) is 5.91 Å². The monoisotopic (exact) mass is 348 g/mol. The maximum absolute atomic E-state index is 11.4. The summed E-state index contributed by atoms with van der Waals surface area (Å²) in [6.07, 6.45) is 2.73. The smallest absolute Gasteiger partial charge is 0.221 e. The highest BCUT2D eigenvalue weighted by Crippen LogP contribution is 2.28. The van der Waals surface area contributed by atoms with Gasteiger partial charge in [0.1, 0.15) is 0 Å². The molecule has 0 spiro atoms. The molecule has 1 aliphatic heterocycles. The number of benzene rings is 1. The second-order valence-corrected chi connectivity index (χ2v) is 6.45. The van der Waals surface area contributed by atoms with Crippen molar-refractivity contribution in [1.82, 2.24) is 20.0 Å². The number of hydrogen-bond acceptors (Lipinski definition) is 5. The number of hydrogen-bond donors (Lipinski definition) is 1. The molecule has 0 radical (unpaired) electrons. The van der Waals surface area contributed by atoms with Crippen molar-refractivity contribution >= 4 is 17.4 Å². The number of nitrogens with one attached hydrogen (secondary N) is 1. The Morgan fingerprint density at radius 2 is 1.92 bits per heavy atom. The van der Waals surface area contributed by atoms with Crippen LogP contribution in [0.2, 0.25) is 0 Å². The molecule has 7 heteroatoms. The summed E-state index contributed by atoms with van der Waals surface area (Å²) in [5.74, 6) is 1.50. The van der Waals surface area contributed by atoms with Gasteiger partial charge in [0.25, 0.3) is 0 Å². The van der Waals surface area contributed by atoms with Crippen LogP contribution in [0.4, 0.5) is 11.5 Å². The van der Waals surface area contributed by atoms with Crippen LogP contribution in [0, 0.1) is 6.92 Å². The lowest BCUT2D eigenvalue weighted by Gasteiger charge is -2.30. The minimum atomic E-state index is -0.0452. The molecule has 1 aromatic carbocycles. The average Bonchev–Trinajstić information content (AvgIpc) is 3.08. The zero-order chi connectivity index (χ0) is 18.1. The minimum absolute atomic E-state index is 0.0452. The van der Waals surface area contributed by atoms with E-state index < -0.39 is 0 Å². The Hall–Kier alpha value is -3.22. The van der Waals surface area contributed by atoms with Crippen LogP contribution in [0.5, 0.6) is 0 Å². The van der Waals surface area contributed by atoms with E-state index in [1.165, 1.54) is 18.1 Å². The van der Waals surface area contributed by atoms with E-state index in [2.05, 4.69) is 31.6 Å². The molecule has 1 N–H and O–H groups in total. The summed E-state index contributed by atoms with van der Waals surface area (Å²) in [6, 6.07) is 11.9. The van der Waals surface area contributed by atoms with Crippen molar-refractivity contribution in [3.63, 3.8) is 0 Å². The van der Waals surface area contributed by atoms with Crippen molar-refractivity contribution in [2.75, 3.05) is 16.8 Å². The second kappa shape index (κ2) is 6.59. The Labute approximate surface area is 151 Å². The van der Waals surface area contributed by atoms with Gasteiger partial charge in [0.05, 0.1) is 5.69 Å². The van der Waals surface area contributed by atoms with Crippen molar-refractivity contribution in [3.8, 4) is 5.82 Å². The highest BCUT2D eigenvalue weighted by atomic mass is 16.1. The van der Waals surface area contributed by atoms with Crippen molar-refractivity contribution in [2.45, 2.75) is 26.8 Å². The Morgan fingerprint density at radius 3 is 2.62 bits per heavy atom. The largest absolute Gasteiger partial charge is 0.350 e. The van der Waals surface area contributed by atoms with E-state index in [0.29, 0.717) is 5.82 Å². The Bertz CT molecular complexity index is 947. The summed E-state index contributed by atoms with van der Waals surface area (Å²) >= 11 is 0. The van der Waals surface area contributed by atoms with Crippen molar-refractivity contribution in [2.24, 2.45) is 0 Å². The molecule has 0 atom stereocenters. The number of anilines is 2. The highest BCUT2D eigenvalue weighted by Gasteiger charge is 2.20. The molecule has 1 aliphatic rings. The van der Waals surface area contributed by atoms with Gasteiger partial charge in [-0.1, -0.05) is 12.1 Å². The first kappa shape index (κ1) is 16.3. The number of carbonyl (C=O) groups is 1. The number of fused-ring (bicyclic) bond motifs is 1. The summed E-state index contributed by atoms with van der Waals surface area (Å²) in [4.78, 5) is 13.6. The molecule has 7 nitrogen and oxygen atoms in total. The van der Waals surface area contributed by atoms with Crippen LogP contribution >= 0.6 is 0 Å². The fourth-order valence-corrected chi connectivity index (χ4v) is 3.26. The fourth-order valence-electron chi connectivity index (χ4n) is 3.26. The lowest BCUT2D eigenvalue weighted by molar-refractivity contribution is -0.114. The van der Waals surface area contributed by atoms with E-state index in [9.17, 15) is 4.79 Å². The molecule has 26 heavy (non-hydrogen) atoms. The Morgan fingerprint density at radius 1 is 1.12 bits per heavy atom. The first-order chi connectivity index (χ1) is 12.6. The quantitative estimate of drug-likeness (QED) is 0.787. The summed E-state index contributed by atoms with van der Waals surface area (Å²) in [5, 5.41) is 16.0. The van der Waals surface area contributed by atoms with Gasteiger partial charge in [0.15, 0.2) is 11.6 Å². The number of aromatic nitrogens is 4. The van der Waals surface area contributed by atoms with Gasteiger partial charge in [0, 0.05) is 31.9 Å². The number of carbonyl (C=O) groups excluding carboxylic acids is 1. The number of rotatable bonds is 3. The Balaban J connectivity index is 1.54. The third kappa shape index (κ3) is 3.15. The predicted octanol–water partition coefficient (Wildman–Crippen LogP) is 2.49. The maximum atomic E-state index is 11.4. The summed E-state index contributed by atoms with van der Waals surface area (Å²) in [7, 11) is 0. The van der Waals surface area contributed by atoms with Gasteiger partial charge in [-0.25, -0.2) is 4.68 Å². The predicted molar refractivity (Wildman–Crippen MR) is 99.4 cm³/mol. The van der Waals surface area contributed by atoms with E-state index in [1.807, 2.05) is 43.5 Å². The van der Waals surface area contributed by atoms with Crippen LogP contribution in [0.3, 0.4) is 0 Å². The molecule has 0 bridgehead atoms. The van der Waals surface area contributed by atoms with Gasteiger partial charge in [-0.05, 0) is 48.7 Å². The Kier molecular flexibility index (Phi) is 4.12. The molecule has 0 unspecified atom stereocenters. The third-order valence-corrected chi connectivity index (χ3v) is 4.49. The lowest BCUT2D eigenvalue weighted by atomic mass is 9.97. The van der Waals surface area contributed by atoms with Crippen molar-refractivity contribution in [1.29, 1.82) is 0 Å². The molecular weight excluding hydrogens is 328 g/mol. The van der Waals surface area contributed by atoms with Crippen LogP contribution in [0.25, 0.3) is 5.82 Å². The van der Waals surface area contributed by atoms with Crippen molar-refractivity contribution < 1.29 is 4.79 Å². The standard InChI is InChI=1S/C19H20N6O/c1-13-8-11-25(23-13)19-7-6-18(21-22-19)24-10-9-16-15(12-24)4-3-5-17(16)20-14(2)26/h3-8,11H,9-10,12H2,1-2H3,(H,20,26). The summed E-state index contributed by atoms with van der Waals surface area (Å²) in [5.41, 5.74) is 4.26. The molecule has 3 heterocycles. The van der Waals surface area contributed by atoms with Crippen LogP contribution < -0.4 is 10.2 Å². The topological polar surface area (TPSA) is 75.9 Å². The van der Waals surface area contributed by atoms with E-state index in [1.54, 1.807) is 4.68 Å². The SMILES string of the molecule is CC(=O)Nc1cccc2c1CCN(c1ccc(-n3ccc(C)n3)nn1)C2. The van der Waals surface area contributed by atoms with Crippen LogP contribution in [-0.4, -0.2) is 32.4 Å². The van der Waals surface area contributed by atoms with E-state index in [0.717, 1.165) is 36.7 Å². The third-order valence-electron chi connectivity index (χ3n) is 4.49. The molecule has 0 saturated heterocycles. The molecule has 0 aliphatic carbocycles. The molecular formula is C19H20N6O. The van der Waals surface area contributed by atoms with Gasteiger partial charge in [-0.2, -0.15) is 5.10 Å². The van der Waals surface area contributed by atoms with Crippen LogP contribution in [0.15, 0.2) is 42.6 Å². The molecule has 1 amide bonds. The summed E-state index contributed by atoms with van der Waals surface area (Å²) < 4.78 is 1.72. The van der Waals surface area contributed by atoms with Crippen molar-refractivity contribution in [3.05, 3.63) is 59.4 Å². The molecule has 0 fully saturated rings. The van der Waals surface area contributed by atoms with Gasteiger partial charge in [-0.3, -0.25) is 4.79 Å². The lowest BCUT2D eigenvalue weighted by Crippen LogP contribution is -2.32. The van der Waals surface area contributed by atoms with Crippen LogP contribution in [-0.2, 0) is 17.8 Å². The first-order valence-corrected chi connectivity index (χ1v) is 8.60. The maximum Gasteiger partial charge on any atom is 0.221 e. The minimum Gasteiger partial charge on any atom is -0.350 e. The zero-order valence-electron chi connectivity index (χ0n) is 14.8. The molecule has 2 aromatic heterocycles.